The summed E-state index contributed by atoms with van der Waals surface area (Å²) in [5, 5.41) is 23.8. The van der Waals surface area contributed by atoms with E-state index in [0.717, 1.165) is 11.5 Å². The Hall–Kier alpha value is -2.50. The second-order valence-corrected chi connectivity index (χ2v) is 11.0. The minimum absolute atomic E-state index is 0.00183. The normalized spacial score (nSPS) is 24.7. The molecule has 4 N–H and O–H groups in total. The van der Waals surface area contributed by atoms with Crippen LogP contribution < -0.4 is 11.1 Å². The number of amides is 2. The number of anilines is 1. The van der Waals surface area contributed by atoms with Gasteiger partial charge in [0.05, 0.1) is 0 Å². The van der Waals surface area contributed by atoms with Gasteiger partial charge in [-0.1, -0.05) is 28.3 Å². The monoisotopic (exact) mass is 530 g/mol. The molecule has 2 aromatic heterocycles. The van der Waals surface area contributed by atoms with E-state index >= 15 is 0 Å². The van der Waals surface area contributed by atoms with Gasteiger partial charge in [0.1, 0.15) is 28.9 Å². The molecule has 0 bridgehead atoms. The van der Waals surface area contributed by atoms with Gasteiger partial charge in [-0.15, -0.1) is 22.0 Å². The molecule has 2 saturated heterocycles. The van der Waals surface area contributed by atoms with Gasteiger partial charge in [-0.05, 0) is 6.92 Å². The first-order chi connectivity index (χ1) is 15.8. The van der Waals surface area contributed by atoms with E-state index in [2.05, 4.69) is 30.0 Å². The Morgan fingerprint density at radius 2 is 2.33 bits per heavy atom. The number of nitrogens with two attached hydrogens (primary N) is 1. The number of hydrogen-bond donors (Lipinski definition) is 3. The van der Waals surface area contributed by atoms with E-state index in [4.69, 9.17) is 10.6 Å². The van der Waals surface area contributed by atoms with Crippen LogP contribution >= 0.6 is 46.4 Å². The Balaban J connectivity index is 1.43. The number of β-lactam (4-membered cyclic amide) rings is 1. The summed E-state index contributed by atoms with van der Waals surface area (Å²) in [5.41, 5.74) is 5.85. The van der Waals surface area contributed by atoms with Crippen molar-refractivity contribution in [2.45, 2.75) is 22.7 Å². The molecule has 2 amide bonds. The molecule has 3 atom stereocenters. The third-order valence-electron chi connectivity index (χ3n) is 4.85. The first-order valence-electron chi connectivity index (χ1n) is 9.49. The van der Waals surface area contributed by atoms with Crippen LogP contribution in [-0.4, -0.2) is 89.1 Å². The Bertz CT molecular complexity index is 1080. The van der Waals surface area contributed by atoms with Crippen LogP contribution in [0.4, 0.5) is 5.13 Å². The smallest absolute Gasteiger partial charge is 0.313 e. The highest BCUT2D eigenvalue weighted by Gasteiger charge is 2.57. The number of nitrogens with one attached hydrogen (secondary N) is 1. The van der Waals surface area contributed by atoms with Gasteiger partial charge in [0.2, 0.25) is 17.4 Å². The molecular weight excluding hydrogens is 512 g/mol. The summed E-state index contributed by atoms with van der Waals surface area (Å²) >= 11 is 4.84. The molecule has 13 nitrogen and oxygen atoms in total. The average Bonchev–Trinajstić information content (AvgIpc) is 3.48. The van der Waals surface area contributed by atoms with Crippen LogP contribution in [0.1, 0.15) is 12.7 Å². The fourth-order valence-electron chi connectivity index (χ4n) is 3.19. The second kappa shape index (κ2) is 9.78. The van der Waals surface area contributed by atoms with Crippen molar-refractivity contribution >= 4 is 75.0 Å². The molecule has 4 heterocycles. The summed E-state index contributed by atoms with van der Waals surface area (Å²) in [6, 6.07) is -0.826. The second-order valence-electron chi connectivity index (χ2n) is 7.01. The van der Waals surface area contributed by atoms with Crippen LogP contribution in [-0.2, 0) is 19.2 Å². The molecule has 2 aromatic rings. The van der Waals surface area contributed by atoms with E-state index in [0.29, 0.717) is 4.34 Å². The molecule has 0 aromatic carbocycles. The maximum atomic E-state index is 12.8. The summed E-state index contributed by atoms with van der Waals surface area (Å²) in [6.45, 7) is 1.96. The van der Waals surface area contributed by atoms with Crippen LogP contribution in [0.15, 0.2) is 15.0 Å². The van der Waals surface area contributed by atoms with Crippen molar-refractivity contribution in [1.82, 2.24) is 29.8 Å². The minimum Gasteiger partial charge on any atom is -0.481 e. The topological polar surface area (TPSA) is 186 Å². The first-order valence-corrected chi connectivity index (χ1v) is 13.2. The van der Waals surface area contributed by atoms with E-state index in [-0.39, 0.29) is 52.6 Å². The Labute approximate surface area is 203 Å². The van der Waals surface area contributed by atoms with E-state index in [1.165, 1.54) is 39.8 Å². The van der Waals surface area contributed by atoms with Gasteiger partial charge in [0.15, 0.2) is 9.47 Å². The molecule has 4 rings (SSSR count). The SMILES string of the molecule is CCON=C(C(=O)NC1C(=O)N2CC(CSc3nncs3)(C(=O)O)CS[C@H]12)c1nsc(N)n1. The highest BCUT2D eigenvalue weighted by Crippen LogP contribution is 2.44. The van der Waals surface area contributed by atoms with E-state index in [1.54, 1.807) is 12.4 Å². The lowest BCUT2D eigenvalue weighted by molar-refractivity contribution is -0.157. The van der Waals surface area contributed by atoms with Crippen LogP contribution in [0.3, 0.4) is 0 Å². The van der Waals surface area contributed by atoms with Crippen LogP contribution in [0.2, 0.25) is 0 Å². The number of nitrogen functional groups attached to an aromatic ring is 1. The van der Waals surface area contributed by atoms with Gasteiger partial charge in [-0.25, -0.2) is 0 Å². The van der Waals surface area contributed by atoms with Gasteiger partial charge in [0.25, 0.3) is 5.91 Å². The molecule has 2 aliphatic rings. The van der Waals surface area contributed by atoms with Crippen LogP contribution in [0.5, 0.6) is 0 Å². The molecule has 2 unspecified atom stereocenters. The summed E-state index contributed by atoms with van der Waals surface area (Å²) in [4.78, 5) is 48.2. The molecule has 0 radical (unpaired) electrons. The summed E-state index contributed by atoms with van der Waals surface area (Å²) in [5.74, 6) is -1.50. The van der Waals surface area contributed by atoms with Crippen molar-refractivity contribution in [3.05, 3.63) is 11.3 Å². The molecule has 2 aliphatic heterocycles. The minimum atomic E-state index is -1.13. The quantitative estimate of drug-likeness (QED) is 0.170. The average molecular weight is 531 g/mol. The van der Waals surface area contributed by atoms with Crippen molar-refractivity contribution in [3.8, 4) is 0 Å². The van der Waals surface area contributed by atoms with Crippen molar-refractivity contribution in [1.29, 1.82) is 0 Å². The number of rotatable bonds is 9. The van der Waals surface area contributed by atoms with Gasteiger partial charge in [0, 0.05) is 29.6 Å². The Kier molecular flexibility index (Phi) is 7.01. The number of nitrogens with zero attached hydrogens (tertiary/aromatic N) is 6. The lowest BCUT2D eigenvalue weighted by atomic mass is 9.89. The molecule has 0 aliphatic carbocycles. The fourth-order valence-corrected chi connectivity index (χ4v) is 6.97. The summed E-state index contributed by atoms with van der Waals surface area (Å²) < 4.78 is 4.65. The molecule has 0 saturated carbocycles. The van der Waals surface area contributed by atoms with E-state index in [9.17, 15) is 19.5 Å². The predicted octanol–water partition coefficient (Wildman–Crippen LogP) is -0.0244. The highest BCUT2D eigenvalue weighted by molar-refractivity contribution is 8.01. The number of carbonyl (C=O) groups excluding carboxylic acids is 2. The maximum Gasteiger partial charge on any atom is 0.313 e. The highest BCUT2D eigenvalue weighted by atomic mass is 32.2. The third-order valence-corrected chi connectivity index (χ3v) is 9.13. The zero-order chi connectivity index (χ0) is 23.6. The molecule has 0 spiro atoms. The number of carboxylic acids is 1. The largest absolute Gasteiger partial charge is 0.481 e. The van der Waals surface area contributed by atoms with E-state index in [1.807, 2.05) is 0 Å². The maximum absolute atomic E-state index is 12.8. The van der Waals surface area contributed by atoms with Crippen molar-refractivity contribution in [2.24, 2.45) is 10.6 Å². The fraction of sp³-hybridized carbons (Fsp3) is 0.500. The number of carbonyl (C=O) groups is 3. The predicted molar refractivity (Wildman–Crippen MR) is 123 cm³/mol. The number of aromatic nitrogens is 4. The lowest BCUT2D eigenvalue weighted by Gasteiger charge is -2.53. The number of thioether (sulfide) groups is 2. The number of carboxylic acid groups (broad SMARTS) is 1. The van der Waals surface area contributed by atoms with Crippen LogP contribution in [0.25, 0.3) is 0 Å². The lowest BCUT2D eigenvalue weighted by Crippen LogP contribution is -2.74. The molecule has 176 valence electrons. The summed E-state index contributed by atoms with van der Waals surface area (Å²) in [6.07, 6.45) is 0. The third kappa shape index (κ3) is 4.75. The number of oxime groups is 1. The molecule has 17 heteroatoms. The standard InChI is InChI=1S/C16H18N8O5S4/c1-2-29-22-7(9-20-14(17)33-23-9)10(25)19-8-11(26)24-3-16(13(27)28,4-30-12(8)24)5-31-15-21-18-6-32-15/h6,8,12H,2-5H2,1H3,(H,19,25)(H,27,28)(H2,17,20,23)/t8?,12-,16?/m1/s1. The van der Waals surface area contributed by atoms with Crippen molar-refractivity contribution < 1.29 is 24.3 Å². The Morgan fingerprint density at radius 1 is 1.52 bits per heavy atom. The van der Waals surface area contributed by atoms with Gasteiger partial charge < -0.3 is 25.9 Å². The van der Waals surface area contributed by atoms with Crippen molar-refractivity contribution in [3.63, 3.8) is 0 Å². The number of aliphatic carboxylic acids is 1. The van der Waals surface area contributed by atoms with Gasteiger partial charge in [-0.2, -0.15) is 9.36 Å². The number of fused-ring (bicyclic) bond motifs is 1. The Morgan fingerprint density at radius 3 is 2.97 bits per heavy atom. The molecule has 2 fully saturated rings. The zero-order valence-corrected chi connectivity index (χ0v) is 20.3. The summed E-state index contributed by atoms with van der Waals surface area (Å²) in [7, 11) is 0. The van der Waals surface area contributed by atoms with E-state index < -0.39 is 23.3 Å². The first kappa shape index (κ1) is 23.7. The van der Waals surface area contributed by atoms with Gasteiger partial charge >= 0.3 is 5.97 Å². The van der Waals surface area contributed by atoms with Crippen molar-refractivity contribution in [2.75, 3.05) is 30.4 Å². The molecule has 33 heavy (non-hydrogen) atoms. The van der Waals surface area contributed by atoms with Gasteiger partial charge in [-0.3, -0.25) is 14.4 Å². The van der Waals surface area contributed by atoms with Crippen LogP contribution in [0, 0.1) is 5.41 Å². The molecular formula is C16H18N8O5S4. The number of hydrogen-bond acceptors (Lipinski definition) is 14. The zero-order valence-electron chi connectivity index (χ0n) is 17.0.